The summed E-state index contributed by atoms with van der Waals surface area (Å²) in [5.41, 5.74) is 2.42. The molecule has 1 atom stereocenters. The smallest absolute Gasteiger partial charge is 0.343 e. The Kier molecular flexibility index (Phi) is 11.8. The molecular formula is C32H42O8. The van der Waals surface area contributed by atoms with Crippen LogP contribution in [0.15, 0.2) is 24.3 Å². The molecule has 2 aromatic carbocycles. The maximum absolute atomic E-state index is 12.9. The van der Waals surface area contributed by atoms with Gasteiger partial charge in [0.25, 0.3) is 0 Å². The van der Waals surface area contributed by atoms with Crippen LogP contribution in [0.4, 0.5) is 0 Å². The fraction of sp³-hybridized carbons (Fsp3) is 0.531. The zero-order valence-corrected chi connectivity index (χ0v) is 24.2. The van der Waals surface area contributed by atoms with E-state index in [2.05, 4.69) is 4.74 Å². The number of phenolic OH excluding ortho intramolecular Hbond substituents is 1. The lowest BCUT2D eigenvalue weighted by molar-refractivity contribution is -0.142. The lowest BCUT2D eigenvalue weighted by Crippen LogP contribution is -2.28. The summed E-state index contributed by atoms with van der Waals surface area (Å²) in [6.45, 7) is 5.84. The molecule has 0 spiro atoms. The highest BCUT2D eigenvalue weighted by Crippen LogP contribution is 2.39. The maximum atomic E-state index is 12.9. The molecule has 40 heavy (non-hydrogen) atoms. The van der Waals surface area contributed by atoms with Crippen molar-refractivity contribution < 1.29 is 38.4 Å². The van der Waals surface area contributed by atoms with Gasteiger partial charge in [-0.25, -0.2) is 4.79 Å². The van der Waals surface area contributed by atoms with E-state index in [1.165, 1.54) is 14.0 Å². The van der Waals surface area contributed by atoms with E-state index in [9.17, 15) is 19.5 Å². The Morgan fingerprint density at radius 3 is 2.33 bits per heavy atom. The summed E-state index contributed by atoms with van der Waals surface area (Å²) < 4.78 is 22.7. The van der Waals surface area contributed by atoms with E-state index >= 15 is 0 Å². The molecule has 0 aromatic heterocycles. The van der Waals surface area contributed by atoms with Gasteiger partial charge in [-0.2, -0.15) is 0 Å². The third kappa shape index (κ3) is 7.99. The SMILES string of the molecule is CCCc1c(OCCCCCCC2CC(=O)c3ccc(OCC(=O)OC)c(CCC)c3O2)ccc(C(C)=O)c1O. The van der Waals surface area contributed by atoms with E-state index < -0.39 is 5.97 Å². The van der Waals surface area contributed by atoms with Gasteiger partial charge >= 0.3 is 5.97 Å². The molecule has 0 bridgehead atoms. The van der Waals surface area contributed by atoms with Crippen LogP contribution < -0.4 is 14.2 Å². The van der Waals surface area contributed by atoms with Crippen molar-refractivity contribution >= 4 is 17.5 Å². The number of fused-ring (bicyclic) bond motifs is 1. The van der Waals surface area contributed by atoms with Gasteiger partial charge in [0, 0.05) is 17.5 Å². The number of rotatable bonds is 16. The molecular weight excluding hydrogens is 512 g/mol. The zero-order valence-electron chi connectivity index (χ0n) is 24.2. The van der Waals surface area contributed by atoms with E-state index in [1.54, 1.807) is 24.3 Å². The molecule has 0 saturated carbocycles. The monoisotopic (exact) mass is 554 g/mol. The Hall–Kier alpha value is -3.55. The highest BCUT2D eigenvalue weighted by molar-refractivity contribution is 6.00. The number of hydrogen-bond donors (Lipinski definition) is 1. The number of hydrogen-bond acceptors (Lipinski definition) is 8. The normalized spacial score (nSPS) is 14.3. The van der Waals surface area contributed by atoms with Gasteiger partial charge < -0.3 is 24.1 Å². The Bertz CT molecular complexity index is 1190. The van der Waals surface area contributed by atoms with Crippen molar-refractivity contribution in [3.05, 3.63) is 46.5 Å². The largest absolute Gasteiger partial charge is 0.507 e. The van der Waals surface area contributed by atoms with Crippen molar-refractivity contribution in [2.24, 2.45) is 0 Å². The Labute approximate surface area is 237 Å². The summed E-state index contributed by atoms with van der Waals surface area (Å²) in [7, 11) is 1.31. The number of benzene rings is 2. The molecule has 1 aliphatic rings. The van der Waals surface area contributed by atoms with Gasteiger partial charge in [-0.15, -0.1) is 0 Å². The number of methoxy groups -OCH3 is 1. The number of unbranched alkanes of at least 4 members (excludes halogenated alkanes) is 3. The quantitative estimate of drug-likeness (QED) is 0.144. The van der Waals surface area contributed by atoms with Crippen LogP contribution in [0, 0.1) is 0 Å². The summed E-state index contributed by atoms with van der Waals surface area (Å²) in [5.74, 6) is 1.23. The molecule has 1 unspecified atom stereocenters. The van der Waals surface area contributed by atoms with Crippen LogP contribution in [0.25, 0.3) is 0 Å². The number of ether oxygens (including phenoxy) is 4. The van der Waals surface area contributed by atoms with Crippen molar-refractivity contribution in [2.45, 2.75) is 91.1 Å². The molecule has 218 valence electrons. The molecule has 1 aliphatic heterocycles. The van der Waals surface area contributed by atoms with Crippen LogP contribution in [0.1, 0.15) is 104 Å². The minimum absolute atomic E-state index is 0.0275. The Balaban J connectivity index is 1.50. The van der Waals surface area contributed by atoms with Gasteiger partial charge in [-0.3, -0.25) is 9.59 Å². The first-order valence-electron chi connectivity index (χ1n) is 14.3. The van der Waals surface area contributed by atoms with Crippen molar-refractivity contribution in [3.8, 4) is 23.0 Å². The van der Waals surface area contributed by atoms with Gasteiger partial charge in [0.1, 0.15) is 29.1 Å². The standard InChI is InChI=1S/C32H42O8/c1-5-11-25-28(16-14-23(21(3)33)31(25)36)38-18-10-8-7-9-13-22-19-27(34)24-15-17-29(39-20-30(35)37-4)26(12-6-2)32(24)40-22/h14-17,22,36H,5-13,18-20H2,1-4H3. The lowest BCUT2D eigenvalue weighted by Gasteiger charge is -2.28. The van der Waals surface area contributed by atoms with Crippen molar-refractivity contribution in [1.82, 2.24) is 0 Å². The second-order valence-corrected chi connectivity index (χ2v) is 10.2. The number of phenols is 1. The maximum Gasteiger partial charge on any atom is 0.343 e. The third-order valence-electron chi connectivity index (χ3n) is 7.09. The predicted octanol–water partition coefficient (Wildman–Crippen LogP) is 6.41. The van der Waals surface area contributed by atoms with Crippen LogP contribution in [0.2, 0.25) is 0 Å². The number of Topliss-reactive ketones (excluding diaryl/α,β-unsaturated/α-hetero) is 2. The molecule has 1 N–H and O–H groups in total. The first-order chi connectivity index (χ1) is 19.3. The van der Waals surface area contributed by atoms with E-state index in [-0.39, 0.29) is 30.0 Å². The number of carbonyl (C=O) groups excluding carboxylic acids is 3. The van der Waals surface area contributed by atoms with Gasteiger partial charge in [0.2, 0.25) is 0 Å². The molecule has 0 saturated heterocycles. The molecule has 8 nitrogen and oxygen atoms in total. The van der Waals surface area contributed by atoms with Crippen molar-refractivity contribution in [2.75, 3.05) is 20.3 Å². The van der Waals surface area contributed by atoms with E-state index in [0.717, 1.165) is 50.5 Å². The number of carbonyl (C=O) groups is 3. The summed E-state index contributed by atoms with van der Waals surface area (Å²) in [4.78, 5) is 36.2. The van der Waals surface area contributed by atoms with Gasteiger partial charge in [0.15, 0.2) is 18.2 Å². The molecule has 2 aromatic rings. The van der Waals surface area contributed by atoms with Gasteiger partial charge in [-0.05, 0) is 63.3 Å². The van der Waals surface area contributed by atoms with E-state index in [1.807, 2.05) is 13.8 Å². The number of ketones is 2. The lowest BCUT2D eigenvalue weighted by atomic mass is 9.93. The number of aromatic hydroxyl groups is 1. The van der Waals surface area contributed by atoms with E-state index in [0.29, 0.717) is 59.8 Å². The van der Waals surface area contributed by atoms with Crippen LogP contribution in [-0.2, 0) is 22.4 Å². The van der Waals surface area contributed by atoms with Crippen LogP contribution >= 0.6 is 0 Å². The third-order valence-corrected chi connectivity index (χ3v) is 7.09. The second kappa shape index (κ2) is 15.3. The minimum atomic E-state index is -0.467. The first-order valence-corrected chi connectivity index (χ1v) is 14.3. The van der Waals surface area contributed by atoms with Crippen molar-refractivity contribution in [1.29, 1.82) is 0 Å². The first kappa shape index (κ1) is 31.0. The predicted molar refractivity (Wildman–Crippen MR) is 152 cm³/mol. The van der Waals surface area contributed by atoms with Gasteiger partial charge in [0.05, 0.1) is 24.8 Å². The van der Waals surface area contributed by atoms with Gasteiger partial charge in [-0.1, -0.05) is 39.5 Å². The molecule has 0 fully saturated rings. The molecule has 3 rings (SSSR count). The molecule has 8 heteroatoms. The topological polar surface area (TPSA) is 108 Å². The minimum Gasteiger partial charge on any atom is -0.507 e. The highest BCUT2D eigenvalue weighted by Gasteiger charge is 2.30. The van der Waals surface area contributed by atoms with Crippen LogP contribution in [-0.4, -0.2) is 49.1 Å². The molecule has 0 radical (unpaired) electrons. The van der Waals surface area contributed by atoms with E-state index in [4.69, 9.17) is 14.2 Å². The molecule has 1 heterocycles. The van der Waals surface area contributed by atoms with Crippen molar-refractivity contribution in [3.63, 3.8) is 0 Å². The highest BCUT2D eigenvalue weighted by atomic mass is 16.6. The molecule has 0 aliphatic carbocycles. The zero-order chi connectivity index (χ0) is 29.1. The number of esters is 1. The summed E-state index contributed by atoms with van der Waals surface area (Å²) in [5, 5.41) is 10.5. The Morgan fingerprint density at radius 1 is 0.950 bits per heavy atom. The Morgan fingerprint density at radius 2 is 1.62 bits per heavy atom. The summed E-state index contributed by atoms with van der Waals surface area (Å²) in [6.07, 6.45) is 7.64. The second-order valence-electron chi connectivity index (χ2n) is 10.2. The summed E-state index contributed by atoms with van der Waals surface area (Å²) >= 11 is 0. The van der Waals surface area contributed by atoms with Crippen LogP contribution in [0.5, 0.6) is 23.0 Å². The fourth-order valence-corrected chi connectivity index (χ4v) is 5.01. The summed E-state index contributed by atoms with van der Waals surface area (Å²) in [6, 6.07) is 6.85. The average molecular weight is 555 g/mol. The van der Waals surface area contributed by atoms with Crippen LogP contribution in [0.3, 0.4) is 0 Å². The molecule has 0 amide bonds. The fourth-order valence-electron chi connectivity index (χ4n) is 5.01. The average Bonchev–Trinajstić information content (AvgIpc) is 2.93.